The number of nitrogens with one attached hydrogen (secondary N) is 1. The maximum absolute atomic E-state index is 12.2. The molecule has 1 saturated heterocycles. The Kier molecular flexibility index (Phi) is 5.95. The molecular formula is C20H29N3O2. The largest absolute Gasteiger partial charge is 0.372 e. The van der Waals surface area contributed by atoms with Crippen molar-refractivity contribution in [2.24, 2.45) is 0 Å². The van der Waals surface area contributed by atoms with E-state index < -0.39 is 0 Å². The smallest absolute Gasteiger partial charge is 0.226 e. The zero-order valence-corrected chi connectivity index (χ0v) is 15.2. The highest BCUT2D eigenvalue weighted by Gasteiger charge is 2.24. The van der Waals surface area contributed by atoms with E-state index in [-0.39, 0.29) is 11.8 Å². The molecule has 136 valence electrons. The molecule has 1 saturated carbocycles. The van der Waals surface area contributed by atoms with E-state index >= 15 is 0 Å². The highest BCUT2D eigenvalue weighted by molar-refractivity contribution is 5.91. The number of nitrogens with zero attached hydrogens (tertiary/aromatic N) is 2. The van der Waals surface area contributed by atoms with Gasteiger partial charge in [0.2, 0.25) is 11.8 Å². The molecule has 1 aliphatic heterocycles. The van der Waals surface area contributed by atoms with Gasteiger partial charge in [0.1, 0.15) is 0 Å². The first kappa shape index (κ1) is 17.8. The molecular weight excluding hydrogens is 314 g/mol. The van der Waals surface area contributed by atoms with Gasteiger partial charge in [-0.3, -0.25) is 9.59 Å². The summed E-state index contributed by atoms with van der Waals surface area (Å²) in [5.41, 5.74) is 2.04. The third-order valence-corrected chi connectivity index (χ3v) is 5.37. The Balaban J connectivity index is 1.48. The third kappa shape index (κ3) is 4.74. The maximum Gasteiger partial charge on any atom is 0.226 e. The van der Waals surface area contributed by atoms with Crippen LogP contribution in [0.15, 0.2) is 24.3 Å². The molecule has 2 aliphatic rings. The van der Waals surface area contributed by atoms with Crippen molar-refractivity contribution in [1.82, 2.24) is 4.90 Å². The lowest BCUT2D eigenvalue weighted by atomic mass is 10.2. The summed E-state index contributed by atoms with van der Waals surface area (Å²) in [6.45, 7) is 4.35. The van der Waals surface area contributed by atoms with Crippen LogP contribution in [0.4, 0.5) is 11.4 Å². The van der Waals surface area contributed by atoms with Gasteiger partial charge in [0.15, 0.2) is 0 Å². The molecule has 25 heavy (non-hydrogen) atoms. The van der Waals surface area contributed by atoms with Crippen LogP contribution in [0.5, 0.6) is 0 Å². The molecule has 2 fully saturated rings. The average Bonchev–Trinajstić information content (AvgIpc) is 3.29. The number of hydrogen-bond donors (Lipinski definition) is 1. The summed E-state index contributed by atoms with van der Waals surface area (Å²) in [6.07, 6.45) is 7.37. The van der Waals surface area contributed by atoms with Crippen molar-refractivity contribution >= 4 is 23.2 Å². The van der Waals surface area contributed by atoms with Gasteiger partial charge in [0.05, 0.1) is 0 Å². The van der Waals surface area contributed by atoms with Gasteiger partial charge in [-0.15, -0.1) is 0 Å². The Morgan fingerprint density at radius 1 is 1.08 bits per heavy atom. The Morgan fingerprint density at radius 2 is 1.72 bits per heavy atom. The van der Waals surface area contributed by atoms with Gasteiger partial charge in [0, 0.05) is 50.4 Å². The van der Waals surface area contributed by atoms with Gasteiger partial charge >= 0.3 is 0 Å². The Morgan fingerprint density at radius 3 is 2.32 bits per heavy atom. The summed E-state index contributed by atoms with van der Waals surface area (Å²) in [6, 6.07) is 8.39. The van der Waals surface area contributed by atoms with E-state index in [0.717, 1.165) is 31.6 Å². The van der Waals surface area contributed by atoms with Crippen molar-refractivity contribution < 1.29 is 9.59 Å². The predicted molar refractivity (Wildman–Crippen MR) is 101 cm³/mol. The lowest BCUT2D eigenvalue weighted by Gasteiger charge is -2.27. The number of benzene rings is 1. The first-order valence-electron chi connectivity index (χ1n) is 9.55. The number of rotatable bonds is 6. The molecule has 0 aromatic heterocycles. The molecule has 1 heterocycles. The van der Waals surface area contributed by atoms with Crippen molar-refractivity contribution in [3.63, 3.8) is 0 Å². The third-order valence-electron chi connectivity index (χ3n) is 5.37. The fraction of sp³-hybridized carbons (Fsp3) is 0.600. The van der Waals surface area contributed by atoms with Crippen molar-refractivity contribution in [3.05, 3.63) is 24.3 Å². The number of carbonyl (C=O) groups is 2. The standard InChI is InChI=1S/C20H29N3O2/c1-16(24)23(19-6-2-3-7-19)15-12-20(25)21-17-8-10-18(11-9-17)22-13-4-5-14-22/h8-11,19H,2-7,12-15H2,1H3,(H,21,25). The second kappa shape index (κ2) is 8.37. The Hall–Kier alpha value is -2.04. The topological polar surface area (TPSA) is 52.7 Å². The van der Waals surface area contributed by atoms with Gasteiger partial charge in [0.25, 0.3) is 0 Å². The SMILES string of the molecule is CC(=O)N(CCC(=O)Nc1ccc(N2CCCC2)cc1)C1CCCC1. The van der Waals surface area contributed by atoms with Crippen LogP contribution in [0.3, 0.4) is 0 Å². The normalized spacial score (nSPS) is 17.7. The highest BCUT2D eigenvalue weighted by Crippen LogP contribution is 2.24. The molecule has 1 N–H and O–H groups in total. The average molecular weight is 343 g/mol. The van der Waals surface area contributed by atoms with Crippen LogP contribution in [0.1, 0.15) is 51.9 Å². The molecule has 0 atom stereocenters. The minimum absolute atomic E-state index is 0.0295. The lowest BCUT2D eigenvalue weighted by molar-refractivity contribution is -0.131. The minimum atomic E-state index is -0.0295. The first-order chi connectivity index (χ1) is 12.1. The van der Waals surface area contributed by atoms with Crippen molar-refractivity contribution in [2.75, 3.05) is 29.9 Å². The number of amides is 2. The zero-order valence-electron chi connectivity index (χ0n) is 15.2. The van der Waals surface area contributed by atoms with E-state index in [1.165, 1.54) is 31.4 Å². The molecule has 5 nitrogen and oxygen atoms in total. The Labute approximate surface area is 150 Å². The zero-order chi connectivity index (χ0) is 17.6. The molecule has 3 rings (SSSR count). The molecule has 0 spiro atoms. The summed E-state index contributed by atoms with van der Waals surface area (Å²) in [7, 11) is 0. The summed E-state index contributed by atoms with van der Waals surface area (Å²) in [5, 5.41) is 2.95. The van der Waals surface area contributed by atoms with Gasteiger partial charge in [-0.05, 0) is 49.9 Å². The molecule has 0 radical (unpaired) electrons. The van der Waals surface area contributed by atoms with E-state index in [1.807, 2.05) is 17.0 Å². The monoisotopic (exact) mass is 343 g/mol. The van der Waals surface area contributed by atoms with Crippen LogP contribution < -0.4 is 10.2 Å². The van der Waals surface area contributed by atoms with E-state index in [4.69, 9.17) is 0 Å². The van der Waals surface area contributed by atoms with Gasteiger partial charge in [-0.2, -0.15) is 0 Å². The van der Waals surface area contributed by atoms with Crippen LogP contribution in [0, 0.1) is 0 Å². The van der Waals surface area contributed by atoms with E-state index in [2.05, 4.69) is 22.3 Å². The molecule has 1 aliphatic carbocycles. The fourth-order valence-corrected chi connectivity index (χ4v) is 3.99. The second-order valence-electron chi connectivity index (χ2n) is 7.19. The summed E-state index contributed by atoms with van der Waals surface area (Å²) >= 11 is 0. The van der Waals surface area contributed by atoms with Crippen LogP contribution in [0.2, 0.25) is 0 Å². The number of carbonyl (C=O) groups excluding carboxylic acids is 2. The molecule has 0 bridgehead atoms. The number of anilines is 2. The second-order valence-corrected chi connectivity index (χ2v) is 7.19. The van der Waals surface area contributed by atoms with Gasteiger partial charge in [-0.25, -0.2) is 0 Å². The quantitative estimate of drug-likeness (QED) is 0.861. The van der Waals surface area contributed by atoms with E-state index in [1.54, 1.807) is 6.92 Å². The molecule has 1 aromatic rings. The summed E-state index contributed by atoms with van der Waals surface area (Å²) < 4.78 is 0. The van der Waals surface area contributed by atoms with Crippen molar-refractivity contribution in [2.45, 2.75) is 57.9 Å². The van der Waals surface area contributed by atoms with Crippen LogP contribution in [-0.4, -0.2) is 42.4 Å². The van der Waals surface area contributed by atoms with Gasteiger partial charge < -0.3 is 15.1 Å². The molecule has 2 amide bonds. The molecule has 1 aromatic carbocycles. The van der Waals surface area contributed by atoms with Gasteiger partial charge in [-0.1, -0.05) is 12.8 Å². The predicted octanol–water partition coefficient (Wildman–Crippen LogP) is 3.41. The first-order valence-corrected chi connectivity index (χ1v) is 9.55. The van der Waals surface area contributed by atoms with E-state index in [9.17, 15) is 9.59 Å². The highest BCUT2D eigenvalue weighted by atomic mass is 16.2. The number of hydrogen-bond acceptors (Lipinski definition) is 3. The van der Waals surface area contributed by atoms with Crippen LogP contribution >= 0.6 is 0 Å². The molecule has 0 unspecified atom stereocenters. The maximum atomic E-state index is 12.2. The minimum Gasteiger partial charge on any atom is -0.372 e. The van der Waals surface area contributed by atoms with Crippen molar-refractivity contribution in [1.29, 1.82) is 0 Å². The van der Waals surface area contributed by atoms with Crippen LogP contribution in [0.25, 0.3) is 0 Å². The Bertz CT molecular complexity index is 587. The summed E-state index contributed by atoms with van der Waals surface area (Å²) in [5.74, 6) is 0.0489. The molecule has 5 heteroatoms. The van der Waals surface area contributed by atoms with E-state index in [0.29, 0.717) is 19.0 Å². The fourth-order valence-electron chi connectivity index (χ4n) is 3.99. The lowest BCUT2D eigenvalue weighted by Crippen LogP contribution is -2.39. The summed E-state index contributed by atoms with van der Waals surface area (Å²) in [4.78, 5) is 28.3. The van der Waals surface area contributed by atoms with Crippen LogP contribution in [-0.2, 0) is 9.59 Å². The van der Waals surface area contributed by atoms with Crippen molar-refractivity contribution in [3.8, 4) is 0 Å².